The number of nitrogens with two attached hydrogens (primary N) is 1. The van der Waals surface area contributed by atoms with E-state index in [0.717, 1.165) is 12.3 Å². The van der Waals surface area contributed by atoms with Gasteiger partial charge in [-0.15, -0.1) is 0 Å². The molecule has 0 amide bonds. The summed E-state index contributed by atoms with van der Waals surface area (Å²) in [5, 5.41) is 3.15. The van der Waals surface area contributed by atoms with Crippen molar-refractivity contribution in [1.82, 2.24) is 0 Å². The Hall–Kier alpha value is -0.720. The Morgan fingerprint density at radius 1 is 1.33 bits per heavy atom. The van der Waals surface area contributed by atoms with E-state index in [1.165, 1.54) is 6.07 Å². The number of nitrogens with zero attached hydrogens (tertiary/aromatic N) is 1. The van der Waals surface area contributed by atoms with Gasteiger partial charge in [-0.2, -0.15) is 5.10 Å². The van der Waals surface area contributed by atoms with Crippen LogP contribution in [0.3, 0.4) is 0 Å². The van der Waals surface area contributed by atoms with E-state index in [0.29, 0.717) is 3.57 Å². The van der Waals surface area contributed by atoms with Gasteiger partial charge < -0.3 is 5.84 Å². The monoisotopic (exact) mass is 282 g/mol. The molecule has 1 rings (SSSR count). The van der Waals surface area contributed by atoms with E-state index in [1.54, 1.807) is 22.6 Å². The third-order valence-electron chi connectivity index (χ3n) is 1.25. The number of rotatable bonds is 1. The molecule has 0 aromatic heterocycles. The normalized spacial score (nSPS) is 10.9. The van der Waals surface area contributed by atoms with Crippen LogP contribution in [0, 0.1) is 15.2 Å². The highest BCUT2D eigenvalue weighted by Crippen LogP contribution is 2.15. The van der Waals surface area contributed by atoms with Crippen LogP contribution in [0.4, 0.5) is 8.78 Å². The summed E-state index contributed by atoms with van der Waals surface area (Å²) in [6, 6.07) is 2.14. The SMILES string of the molecule is NN=Cc1cc(I)c(F)cc1F. The average molecular weight is 282 g/mol. The lowest BCUT2D eigenvalue weighted by molar-refractivity contribution is 0.577. The van der Waals surface area contributed by atoms with Gasteiger partial charge in [-0.1, -0.05) is 0 Å². The summed E-state index contributed by atoms with van der Waals surface area (Å²) >= 11 is 1.76. The molecule has 64 valence electrons. The quantitative estimate of drug-likeness (QED) is 0.276. The Balaban J connectivity index is 3.23. The van der Waals surface area contributed by atoms with Gasteiger partial charge in [0.2, 0.25) is 0 Å². The maximum Gasteiger partial charge on any atom is 0.139 e. The van der Waals surface area contributed by atoms with Crippen LogP contribution in [0.1, 0.15) is 5.56 Å². The van der Waals surface area contributed by atoms with Gasteiger partial charge in [-0.05, 0) is 28.7 Å². The molecule has 0 aliphatic carbocycles. The predicted molar refractivity (Wildman–Crippen MR) is 50.9 cm³/mol. The molecule has 0 heterocycles. The Morgan fingerprint density at radius 3 is 2.58 bits per heavy atom. The van der Waals surface area contributed by atoms with Crippen LogP contribution in [0.5, 0.6) is 0 Å². The molecule has 5 heteroatoms. The molecule has 0 radical (unpaired) electrons. The van der Waals surface area contributed by atoms with E-state index in [9.17, 15) is 8.78 Å². The zero-order chi connectivity index (χ0) is 9.14. The van der Waals surface area contributed by atoms with Crippen molar-refractivity contribution < 1.29 is 8.78 Å². The average Bonchev–Trinajstić information content (AvgIpc) is 2.01. The second-order valence-electron chi connectivity index (χ2n) is 2.07. The minimum absolute atomic E-state index is 0.184. The molecule has 0 fully saturated rings. The molecule has 1 aromatic rings. The number of benzene rings is 1. The second-order valence-corrected chi connectivity index (χ2v) is 3.23. The van der Waals surface area contributed by atoms with Crippen LogP contribution >= 0.6 is 22.6 Å². The van der Waals surface area contributed by atoms with Crippen LogP contribution in [-0.2, 0) is 0 Å². The number of hydrogen-bond acceptors (Lipinski definition) is 2. The van der Waals surface area contributed by atoms with Crippen molar-refractivity contribution in [3.63, 3.8) is 0 Å². The van der Waals surface area contributed by atoms with E-state index in [-0.39, 0.29) is 5.56 Å². The van der Waals surface area contributed by atoms with Gasteiger partial charge in [0, 0.05) is 15.2 Å². The zero-order valence-electron chi connectivity index (χ0n) is 5.89. The van der Waals surface area contributed by atoms with Crippen LogP contribution in [0.2, 0.25) is 0 Å². The highest BCUT2D eigenvalue weighted by molar-refractivity contribution is 14.1. The molecule has 2 nitrogen and oxygen atoms in total. The lowest BCUT2D eigenvalue weighted by Crippen LogP contribution is -1.94. The van der Waals surface area contributed by atoms with E-state index in [1.807, 2.05) is 0 Å². The zero-order valence-corrected chi connectivity index (χ0v) is 8.05. The van der Waals surface area contributed by atoms with Gasteiger partial charge in [0.05, 0.1) is 6.21 Å². The van der Waals surface area contributed by atoms with Gasteiger partial charge in [0.15, 0.2) is 0 Å². The third-order valence-corrected chi connectivity index (χ3v) is 2.08. The van der Waals surface area contributed by atoms with Gasteiger partial charge in [0.1, 0.15) is 11.6 Å². The van der Waals surface area contributed by atoms with Crippen LogP contribution in [0.25, 0.3) is 0 Å². The highest BCUT2D eigenvalue weighted by atomic mass is 127. The summed E-state index contributed by atoms with van der Waals surface area (Å²) in [5.74, 6) is 3.58. The summed E-state index contributed by atoms with van der Waals surface area (Å²) in [6.45, 7) is 0. The topological polar surface area (TPSA) is 38.4 Å². The fraction of sp³-hybridized carbons (Fsp3) is 0. The van der Waals surface area contributed by atoms with Crippen molar-refractivity contribution in [3.05, 3.63) is 32.9 Å². The van der Waals surface area contributed by atoms with E-state index in [2.05, 4.69) is 5.10 Å². The standard InChI is InChI=1S/C7H5F2IN2/c8-5-2-6(9)7(10)1-4(5)3-12-11/h1-3H,11H2. The third kappa shape index (κ3) is 1.90. The maximum absolute atomic E-state index is 12.8. The van der Waals surface area contributed by atoms with Crippen molar-refractivity contribution in [1.29, 1.82) is 0 Å². The first-order valence-corrected chi connectivity index (χ1v) is 4.11. The lowest BCUT2D eigenvalue weighted by Gasteiger charge is -1.98. The molecule has 0 unspecified atom stereocenters. The summed E-state index contributed by atoms with van der Waals surface area (Å²) < 4.78 is 25.8. The lowest BCUT2D eigenvalue weighted by atomic mass is 10.2. The van der Waals surface area contributed by atoms with E-state index in [4.69, 9.17) is 5.84 Å². The Bertz CT molecular complexity index is 325. The van der Waals surface area contributed by atoms with Crippen LogP contribution < -0.4 is 5.84 Å². The largest absolute Gasteiger partial charge is 0.323 e. The molecule has 0 saturated carbocycles. The fourth-order valence-electron chi connectivity index (χ4n) is 0.717. The Kier molecular flexibility index (Phi) is 2.96. The van der Waals surface area contributed by atoms with Gasteiger partial charge in [-0.3, -0.25) is 0 Å². The van der Waals surface area contributed by atoms with Crippen molar-refractivity contribution in [2.45, 2.75) is 0 Å². The number of hydrogen-bond donors (Lipinski definition) is 1. The van der Waals surface area contributed by atoms with Crippen molar-refractivity contribution in [2.24, 2.45) is 10.9 Å². The molecule has 2 N–H and O–H groups in total. The minimum atomic E-state index is -0.665. The van der Waals surface area contributed by atoms with Gasteiger partial charge in [0.25, 0.3) is 0 Å². The molecule has 0 aliphatic rings. The summed E-state index contributed by atoms with van der Waals surface area (Å²) in [5.41, 5.74) is 0.184. The molecular weight excluding hydrogens is 277 g/mol. The molecule has 0 atom stereocenters. The van der Waals surface area contributed by atoms with Crippen LogP contribution in [0.15, 0.2) is 17.2 Å². The van der Waals surface area contributed by atoms with E-state index >= 15 is 0 Å². The molecule has 12 heavy (non-hydrogen) atoms. The molecule has 0 saturated heterocycles. The molecule has 0 aliphatic heterocycles. The first-order valence-electron chi connectivity index (χ1n) is 3.03. The van der Waals surface area contributed by atoms with Gasteiger partial charge >= 0.3 is 0 Å². The van der Waals surface area contributed by atoms with E-state index < -0.39 is 11.6 Å². The first-order chi connectivity index (χ1) is 5.65. The first kappa shape index (κ1) is 9.37. The number of hydrazone groups is 1. The highest BCUT2D eigenvalue weighted by Gasteiger charge is 2.05. The smallest absolute Gasteiger partial charge is 0.139 e. The summed E-state index contributed by atoms with van der Waals surface area (Å²) in [6.07, 6.45) is 1.14. The Labute approximate surface area is 81.6 Å². The molecule has 0 spiro atoms. The summed E-state index contributed by atoms with van der Waals surface area (Å²) in [7, 11) is 0. The van der Waals surface area contributed by atoms with Crippen molar-refractivity contribution in [2.75, 3.05) is 0 Å². The predicted octanol–water partition coefficient (Wildman–Crippen LogP) is 1.86. The molecule has 0 bridgehead atoms. The second kappa shape index (κ2) is 3.79. The molecular formula is C7H5F2IN2. The maximum atomic E-state index is 12.8. The summed E-state index contributed by atoms with van der Waals surface area (Å²) in [4.78, 5) is 0. The number of halogens is 3. The van der Waals surface area contributed by atoms with Crippen molar-refractivity contribution >= 4 is 28.8 Å². The van der Waals surface area contributed by atoms with Crippen molar-refractivity contribution in [3.8, 4) is 0 Å². The van der Waals surface area contributed by atoms with Gasteiger partial charge in [-0.25, -0.2) is 8.78 Å². The molecule has 1 aromatic carbocycles. The Morgan fingerprint density at radius 2 is 2.00 bits per heavy atom. The van der Waals surface area contributed by atoms with Crippen LogP contribution in [-0.4, -0.2) is 6.21 Å². The minimum Gasteiger partial charge on any atom is -0.323 e. The fourth-order valence-corrected chi connectivity index (χ4v) is 1.21.